The first-order valence-electron chi connectivity index (χ1n) is 7.83. The fourth-order valence-electron chi connectivity index (χ4n) is 1.83. The van der Waals surface area contributed by atoms with E-state index < -0.39 is 0 Å². The number of rotatable bonds is 9. The summed E-state index contributed by atoms with van der Waals surface area (Å²) in [6.07, 6.45) is 2.87. The van der Waals surface area contributed by atoms with Crippen molar-refractivity contribution in [2.45, 2.75) is 26.7 Å². The Balaban J connectivity index is 1.83. The Bertz CT molecular complexity index is 668. The molecule has 128 valence electrons. The molecule has 0 bridgehead atoms. The smallest absolute Gasteiger partial charge is 0.311 e. The van der Waals surface area contributed by atoms with Gasteiger partial charge in [-0.2, -0.15) is 5.10 Å². The number of aromatic nitrogens is 1. The van der Waals surface area contributed by atoms with E-state index >= 15 is 0 Å². The van der Waals surface area contributed by atoms with Gasteiger partial charge in [0.2, 0.25) is 5.13 Å². The summed E-state index contributed by atoms with van der Waals surface area (Å²) in [6.45, 7) is 4.94. The topological polar surface area (TPSA) is 72.8 Å². The molecular weight excluding hydrogens is 326 g/mol. The fraction of sp³-hybridized carbons (Fsp3) is 0.353. The number of nitrogens with zero attached hydrogens (tertiary/aromatic N) is 2. The van der Waals surface area contributed by atoms with E-state index in [0.29, 0.717) is 24.0 Å². The van der Waals surface area contributed by atoms with E-state index in [0.717, 1.165) is 17.7 Å². The molecule has 0 unspecified atom stereocenters. The van der Waals surface area contributed by atoms with Gasteiger partial charge in [0.05, 0.1) is 31.5 Å². The van der Waals surface area contributed by atoms with Crippen molar-refractivity contribution in [2.75, 3.05) is 18.6 Å². The molecule has 0 aliphatic rings. The number of thiazole rings is 1. The van der Waals surface area contributed by atoms with Crippen molar-refractivity contribution in [3.8, 4) is 5.75 Å². The average molecular weight is 347 g/mol. The lowest BCUT2D eigenvalue weighted by atomic mass is 10.2. The lowest BCUT2D eigenvalue weighted by Gasteiger charge is -2.03. The fourth-order valence-corrected chi connectivity index (χ4v) is 2.49. The molecule has 0 saturated carbocycles. The zero-order valence-corrected chi connectivity index (χ0v) is 14.6. The molecule has 0 spiro atoms. The minimum Gasteiger partial charge on any atom is -0.494 e. The third kappa shape index (κ3) is 6.00. The molecule has 0 aliphatic heterocycles. The van der Waals surface area contributed by atoms with Crippen molar-refractivity contribution in [2.24, 2.45) is 5.10 Å². The molecular formula is C17H21N3O3S. The molecule has 6 nitrogen and oxygen atoms in total. The van der Waals surface area contributed by atoms with Crippen LogP contribution in [-0.4, -0.2) is 30.4 Å². The van der Waals surface area contributed by atoms with Crippen molar-refractivity contribution in [3.63, 3.8) is 0 Å². The van der Waals surface area contributed by atoms with Gasteiger partial charge in [0, 0.05) is 5.38 Å². The standard InChI is InChI=1S/C17H21N3O3S/c1-3-9-23-15-7-5-13(6-8-15)11-18-20-17-19-14(12-24-17)10-16(21)22-4-2/h5-8,11-12H,3-4,9-10H2,1-2H3,(H,19,20)/b18-11-. The number of hydrazone groups is 1. The quantitative estimate of drug-likeness (QED) is 0.427. The SMILES string of the molecule is CCCOc1ccc(/C=N\Nc2nc(CC(=O)OCC)cs2)cc1. The van der Waals surface area contributed by atoms with Gasteiger partial charge in [0.25, 0.3) is 0 Å². The maximum absolute atomic E-state index is 11.4. The summed E-state index contributed by atoms with van der Waals surface area (Å²) in [5.41, 5.74) is 4.49. The van der Waals surface area contributed by atoms with Gasteiger partial charge < -0.3 is 9.47 Å². The van der Waals surface area contributed by atoms with E-state index in [9.17, 15) is 4.79 Å². The van der Waals surface area contributed by atoms with Gasteiger partial charge in [-0.1, -0.05) is 6.92 Å². The van der Waals surface area contributed by atoms with Crippen LogP contribution in [-0.2, 0) is 16.0 Å². The maximum Gasteiger partial charge on any atom is 0.311 e. The van der Waals surface area contributed by atoms with Crippen molar-refractivity contribution in [1.82, 2.24) is 4.98 Å². The van der Waals surface area contributed by atoms with Gasteiger partial charge in [-0.25, -0.2) is 4.98 Å². The summed E-state index contributed by atoms with van der Waals surface area (Å²) in [6, 6.07) is 7.70. The van der Waals surface area contributed by atoms with Gasteiger partial charge in [-0.05, 0) is 43.2 Å². The van der Waals surface area contributed by atoms with Crippen LogP contribution in [0.5, 0.6) is 5.75 Å². The predicted molar refractivity (Wildman–Crippen MR) is 95.9 cm³/mol. The van der Waals surface area contributed by atoms with Gasteiger partial charge in [0.15, 0.2) is 0 Å². The highest BCUT2D eigenvalue weighted by molar-refractivity contribution is 7.13. The highest BCUT2D eigenvalue weighted by Crippen LogP contribution is 2.16. The molecule has 0 aliphatic carbocycles. The molecule has 24 heavy (non-hydrogen) atoms. The Morgan fingerprint density at radius 3 is 2.83 bits per heavy atom. The molecule has 7 heteroatoms. The second-order valence-corrected chi connectivity index (χ2v) is 5.77. The summed E-state index contributed by atoms with van der Waals surface area (Å²) >= 11 is 1.39. The Labute approximate surface area is 145 Å². The van der Waals surface area contributed by atoms with Crippen LogP contribution in [0.4, 0.5) is 5.13 Å². The molecule has 0 radical (unpaired) electrons. The zero-order chi connectivity index (χ0) is 17.2. The largest absolute Gasteiger partial charge is 0.494 e. The van der Waals surface area contributed by atoms with Crippen molar-refractivity contribution < 1.29 is 14.3 Å². The number of carbonyl (C=O) groups excluding carboxylic acids is 1. The molecule has 1 aromatic carbocycles. The molecule has 0 amide bonds. The molecule has 1 aromatic heterocycles. The van der Waals surface area contributed by atoms with E-state index in [1.807, 2.05) is 29.6 Å². The van der Waals surface area contributed by atoms with E-state index in [-0.39, 0.29) is 12.4 Å². The molecule has 0 atom stereocenters. The van der Waals surface area contributed by atoms with Crippen molar-refractivity contribution >= 4 is 28.7 Å². The summed E-state index contributed by atoms with van der Waals surface area (Å²) in [7, 11) is 0. The number of esters is 1. The third-order valence-corrected chi connectivity index (χ3v) is 3.71. The van der Waals surface area contributed by atoms with Crippen LogP contribution in [0.25, 0.3) is 0 Å². The molecule has 0 saturated heterocycles. The summed E-state index contributed by atoms with van der Waals surface area (Å²) in [4.78, 5) is 15.7. The first-order valence-corrected chi connectivity index (χ1v) is 8.71. The minimum absolute atomic E-state index is 0.176. The van der Waals surface area contributed by atoms with Gasteiger partial charge in [-0.3, -0.25) is 10.2 Å². The van der Waals surface area contributed by atoms with E-state index in [1.165, 1.54) is 11.3 Å². The Morgan fingerprint density at radius 2 is 2.12 bits per heavy atom. The van der Waals surface area contributed by atoms with Crippen LogP contribution in [0.3, 0.4) is 0 Å². The predicted octanol–water partition coefficient (Wildman–Crippen LogP) is 3.48. The number of carbonyl (C=O) groups is 1. The van der Waals surface area contributed by atoms with Crippen LogP contribution in [0.2, 0.25) is 0 Å². The number of benzene rings is 1. The number of nitrogens with one attached hydrogen (secondary N) is 1. The second-order valence-electron chi connectivity index (χ2n) is 4.91. The number of hydrogen-bond donors (Lipinski definition) is 1. The highest BCUT2D eigenvalue weighted by atomic mass is 32.1. The third-order valence-electron chi connectivity index (χ3n) is 2.91. The first-order chi connectivity index (χ1) is 11.7. The molecule has 0 fully saturated rings. The number of hydrogen-bond acceptors (Lipinski definition) is 7. The van der Waals surface area contributed by atoms with Crippen LogP contribution < -0.4 is 10.2 Å². The summed E-state index contributed by atoms with van der Waals surface area (Å²) < 4.78 is 10.4. The van der Waals surface area contributed by atoms with Gasteiger partial charge in [-0.15, -0.1) is 11.3 Å². The first kappa shape index (κ1) is 17.9. The van der Waals surface area contributed by atoms with E-state index in [2.05, 4.69) is 22.4 Å². The van der Waals surface area contributed by atoms with Gasteiger partial charge in [0.1, 0.15) is 5.75 Å². The Kier molecular flexibility index (Phi) is 7.22. The van der Waals surface area contributed by atoms with Crippen LogP contribution in [0.1, 0.15) is 31.5 Å². The minimum atomic E-state index is -0.275. The molecule has 2 aromatic rings. The van der Waals surface area contributed by atoms with Gasteiger partial charge >= 0.3 is 5.97 Å². The number of anilines is 1. The molecule has 1 heterocycles. The summed E-state index contributed by atoms with van der Waals surface area (Å²) in [5.74, 6) is 0.578. The second kappa shape index (κ2) is 9.67. The normalized spacial score (nSPS) is 10.8. The lowest BCUT2D eigenvalue weighted by Crippen LogP contribution is -2.07. The highest BCUT2D eigenvalue weighted by Gasteiger charge is 2.07. The van der Waals surface area contributed by atoms with E-state index in [4.69, 9.17) is 9.47 Å². The number of ether oxygens (including phenoxy) is 2. The monoisotopic (exact) mass is 347 g/mol. The Morgan fingerprint density at radius 1 is 1.33 bits per heavy atom. The summed E-state index contributed by atoms with van der Waals surface area (Å²) in [5, 5.41) is 6.60. The average Bonchev–Trinajstić information content (AvgIpc) is 3.01. The van der Waals surface area contributed by atoms with Crippen molar-refractivity contribution in [3.05, 3.63) is 40.9 Å². The Hall–Kier alpha value is -2.41. The van der Waals surface area contributed by atoms with Crippen molar-refractivity contribution in [1.29, 1.82) is 0 Å². The zero-order valence-electron chi connectivity index (χ0n) is 13.8. The van der Waals surface area contributed by atoms with Crippen LogP contribution in [0.15, 0.2) is 34.7 Å². The van der Waals surface area contributed by atoms with Crippen LogP contribution in [0, 0.1) is 0 Å². The maximum atomic E-state index is 11.4. The lowest BCUT2D eigenvalue weighted by molar-refractivity contribution is -0.142. The molecule has 2 rings (SSSR count). The van der Waals surface area contributed by atoms with Crippen LogP contribution >= 0.6 is 11.3 Å². The molecule has 1 N–H and O–H groups in total. The van der Waals surface area contributed by atoms with E-state index in [1.54, 1.807) is 13.1 Å².